The van der Waals surface area contributed by atoms with Gasteiger partial charge in [0.2, 0.25) is 5.91 Å². The van der Waals surface area contributed by atoms with Crippen molar-refractivity contribution in [2.24, 2.45) is 0 Å². The average Bonchev–Trinajstić information content (AvgIpc) is 3.00. The predicted octanol–water partition coefficient (Wildman–Crippen LogP) is 1.69. The fourth-order valence-electron chi connectivity index (χ4n) is 3.13. The van der Waals surface area contributed by atoms with Gasteiger partial charge in [0.15, 0.2) is 0 Å². The van der Waals surface area contributed by atoms with Crippen LogP contribution < -0.4 is 16.0 Å². The molecule has 0 aliphatic heterocycles. The summed E-state index contributed by atoms with van der Waals surface area (Å²) < 4.78 is 10.8. The molecule has 1 atom stereocenters. The third-order valence-electron chi connectivity index (χ3n) is 4.74. The molecule has 0 fully saturated rings. The molecule has 7 nitrogen and oxygen atoms in total. The molecule has 3 rings (SSSR count). The standard InChI is InChI=1S/C20H21NO6S/c1-10-9-26-16-8-17-13(6-12(10)16)11(2)14(20(25)27-17)7-18(22)21-15(19(23)24)4-5-28-3/h6,8-9,15H,4-5,7H2,1-3H3,(H,21,22)(H,23,24)/p-1/t15-/m0/s1. The summed E-state index contributed by atoms with van der Waals surface area (Å²) in [4.78, 5) is 36.0. The Kier molecular flexibility index (Phi) is 5.79. The number of hydrogen-bond acceptors (Lipinski definition) is 7. The molecule has 0 unspecified atom stereocenters. The van der Waals surface area contributed by atoms with Crippen LogP contribution in [0.3, 0.4) is 0 Å². The van der Waals surface area contributed by atoms with Crippen molar-refractivity contribution in [2.45, 2.75) is 32.7 Å². The number of furan rings is 1. The third kappa shape index (κ3) is 3.91. The first-order valence-electron chi connectivity index (χ1n) is 8.75. The number of rotatable bonds is 7. The number of carboxylic acid groups (broad SMARTS) is 1. The quantitative estimate of drug-likeness (QED) is 0.598. The van der Waals surface area contributed by atoms with Crippen LogP contribution >= 0.6 is 11.8 Å². The van der Waals surface area contributed by atoms with Gasteiger partial charge in [0, 0.05) is 16.8 Å². The Morgan fingerprint density at radius 1 is 1.21 bits per heavy atom. The van der Waals surface area contributed by atoms with Crippen LogP contribution in [0.5, 0.6) is 0 Å². The number of carbonyl (C=O) groups excluding carboxylic acids is 2. The Balaban J connectivity index is 1.92. The summed E-state index contributed by atoms with van der Waals surface area (Å²) in [5.41, 5.74) is 2.14. The zero-order valence-corrected chi connectivity index (χ0v) is 16.6. The van der Waals surface area contributed by atoms with Crippen molar-refractivity contribution in [1.82, 2.24) is 5.32 Å². The van der Waals surface area contributed by atoms with E-state index in [1.165, 1.54) is 11.8 Å². The van der Waals surface area contributed by atoms with Gasteiger partial charge in [0.05, 0.1) is 30.3 Å². The van der Waals surface area contributed by atoms with Gasteiger partial charge in [0.1, 0.15) is 11.2 Å². The highest BCUT2D eigenvalue weighted by Gasteiger charge is 2.19. The highest BCUT2D eigenvalue weighted by molar-refractivity contribution is 7.98. The molecule has 0 saturated carbocycles. The zero-order valence-electron chi connectivity index (χ0n) is 15.8. The number of thioether (sulfide) groups is 1. The van der Waals surface area contributed by atoms with Crippen LogP contribution in [0.4, 0.5) is 0 Å². The van der Waals surface area contributed by atoms with Crippen LogP contribution in [0.1, 0.15) is 23.1 Å². The molecule has 1 aromatic carbocycles. The second-order valence-corrected chi connectivity index (χ2v) is 7.64. The summed E-state index contributed by atoms with van der Waals surface area (Å²) in [5.74, 6) is -1.34. The number of aryl methyl sites for hydroxylation is 2. The lowest BCUT2D eigenvalue weighted by Gasteiger charge is -2.19. The SMILES string of the molecule is CSCC[C@H](NC(=O)Cc1c(C)c2cc3c(C)coc3cc2oc1=O)C(=O)[O-]. The highest BCUT2D eigenvalue weighted by atomic mass is 32.2. The first kappa shape index (κ1) is 20.0. The van der Waals surface area contributed by atoms with Crippen LogP contribution in [0.25, 0.3) is 21.9 Å². The molecule has 1 N–H and O–H groups in total. The molecule has 2 aromatic heterocycles. The van der Waals surface area contributed by atoms with E-state index in [9.17, 15) is 19.5 Å². The number of nitrogens with one attached hydrogen (secondary N) is 1. The maximum absolute atomic E-state index is 12.4. The second kappa shape index (κ2) is 8.10. The molecule has 8 heteroatoms. The first-order valence-corrected chi connectivity index (χ1v) is 10.1. The van der Waals surface area contributed by atoms with E-state index in [-0.39, 0.29) is 18.4 Å². The zero-order chi connectivity index (χ0) is 20.4. The van der Waals surface area contributed by atoms with Crippen molar-refractivity contribution in [3.05, 3.63) is 45.5 Å². The maximum atomic E-state index is 12.4. The van der Waals surface area contributed by atoms with E-state index in [0.717, 1.165) is 10.9 Å². The Bertz CT molecular complexity index is 1110. The van der Waals surface area contributed by atoms with Gasteiger partial charge in [-0.1, -0.05) is 0 Å². The largest absolute Gasteiger partial charge is 0.548 e. The van der Waals surface area contributed by atoms with E-state index in [1.807, 2.05) is 19.2 Å². The first-order chi connectivity index (χ1) is 13.3. The number of fused-ring (bicyclic) bond motifs is 2. The van der Waals surface area contributed by atoms with E-state index in [4.69, 9.17) is 8.83 Å². The van der Waals surface area contributed by atoms with Crippen molar-refractivity contribution in [1.29, 1.82) is 0 Å². The smallest absolute Gasteiger partial charge is 0.340 e. The molecule has 0 saturated heterocycles. The van der Waals surface area contributed by atoms with Crippen molar-refractivity contribution in [2.75, 3.05) is 12.0 Å². The van der Waals surface area contributed by atoms with E-state index >= 15 is 0 Å². The average molecular weight is 402 g/mol. The van der Waals surface area contributed by atoms with Crippen molar-refractivity contribution in [3.63, 3.8) is 0 Å². The minimum atomic E-state index is -1.34. The summed E-state index contributed by atoms with van der Waals surface area (Å²) in [7, 11) is 0. The molecule has 3 aromatic rings. The molecule has 1 amide bonds. The van der Waals surface area contributed by atoms with Gasteiger partial charge in [-0.2, -0.15) is 11.8 Å². The minimum Gasteiger partial charge on any atom is -0.548 e. The van der Waals surface area contributed by atoms with Gasteiger partial charge in [-0.15, -0.1) is 0 Å². The highest BCUT2D eigenvalue weighted by Crippen LogP contribution is 2.28. The van der Waals surface area contributed by atoms with Crippen molar-refractivity contribution in [3.8, 4) is 0 Å². The second-order valence-electron chi connectivity index (χ2n) is 6.65. The fourth-order valence-corrected chi connectivity index (χ4v) is 3.60. The molecule has 0 bridgehead atoms. The van der Waals surface area contributed by atoms with Crippen LogP contribution in [0.15, 0.2) is 32.0 Å². The predicted molar refractivity (Wildman–Crippen MR) is 105 cm³/mol. The maximum Gasteiger partial charge on any atom is 0.340 e. The van der Waals surface area contributed by atoms with E-state index in [0.29, 0.717) is 27.9 Å². The Hall–Kier alpha value is -2.74. The Morgan fingerprint density at radius 3 is 2.64 bits per heavy atom. The van der Waals surface area contributed by atoms with Gasteiger partial charge in [-0.3, -0.25) is 4.79 Å². The lowest BCUT2D eigenvalue weighted by molar-refractivity contribution is -0.308. The molecular formula is C20H20NO6S-. The van der Waals surface area contributed by atoms with Gasteiger partial charge in [-0.05, 0) is 49.5 Å². The van der Waals surface area contributed by atoms with E-state index in [2.05, 4.69) is 5.32 Å². The normalized spacial score (nSPS) is 12.4. The Labute approximate surface area is 165 Å². The number of aliphatic carboxylic acids is 1. The van der Waals surface area contributed by atoms with Crippen LogP contribution in [0, 0.1) is 13.8 Å². The van der Waals surface area contributed by atoms with E-state index < -0.39 is 23.5 Å². The molecule has 0 aliphatic rings. The molecule has 0 spiro atoms. The van der Waals surface area contributed by atoms with Gasteiger partial charge >= 0.3 is 5.63 Å². The summed E-state index contributed by atoms with van der Waals surface area (Å²) in [6.07, 6.45) is 3.45. The van der Waals surface area contributed by atoms with Crippen LogP contribution in [0.2, 0.25) is 0 Å². The lowest BCUT2D eigenvalue weighted by atomic mass is 10.0. The number of hydrogen-bond donors (Lipinski definition) is 1. The van der Waals surface area contributed by atoms with Gasteiger partial charge in [-0.25, -0.2) is 4.79 Å². The number of benzene rings is 1. The summed E-state index contributed by atoms with van der Waals surface area (Å²) in [6, 6.07) is 2.43. The molecule has 0 aliphatic carbocycles. The molecular weight excluding hydrogens is 382 g/mol. The summed E-state index contributed by atoms with van der Waals surface area (Å²) in [6.45, 7) is 3.65. The molecule has 0 radical (unpaired) electrons. The summed E-state index contributed by atoms with van der Waals surface area (Å²) in [5, 5.41) is 15.2. The lowest BCUT2D eigenvalue weighted by Crippen LogP contribution is -2.48. The Morgan fingerprint density at radius 2 is 1.96 bits per heavy atom. The topological polar surface area (TPSA) is 113 Å². The van der Waals surface area contributed by atoms with Crippen LogP contribution in [-0.4, -0.2) is 29.9 Å². The minimum absolute atomic E-state index is 0.201. The third-order valence-corrected chi connectivity index (χ3v) is 5.39. The van der Waals surface area contributed by atoms with Crippen molar-refractivity contribution < 1.29 is 23.5 Å². The van der Waals surface area contributed by atoms with E-state index in [1.54, 1.807) is 19.3 Å². The van der Waals surface area contributed by atoms with Gasteiger partial charge in [0.25, 0.3) is 0 Å². The summed E-state index contributed by atoms with van der Waals surface area (Å²) >= 11 is 1.47. The molecule has 2 heterocycles. The fraction of sp³-hybridized carbons (Fsp3) is 0.350. The number of carbonyl (C=O) groups is 2. The number of carboxylic acids is 1. The molecule has 28 heavy (non-hydrogen) atoms. The molecule has 148 valence electrons. The van der Waals surface area contributed by atoms with Crippen LogP contribution in [-0.2, 0) is 16.0 Å². The van der Waals surface area contributed by atoms with Gasteiger partial charge < -0.3 is 24.1 Å². The number of amides is 1. The monoisotopic (exact) mass is 402 g/mol. The van der Waals surface area contributed by atoms with Crippen molar-refractivity contribution >= 4 is 45.6 Å².